The predicted molar refractivity (Wildman–Crippen MR) is 263 cm³/mol. The Labute approximate surface area is 418 Å². The number of nitrogens with one attached hydrogen (secondary N) is 5. The van der Waals surface area contributed by atoms with E-state index in [4.69, 9.17) is 24.7 Å². The Morgan fingerprint density at radius 3 is 2.16 bits per heavy atom. The van der Waals surface area contributed by atoms with Crippen LogP contribution in [0.2, 0.25) is 0 Å². The SMILES string of the molecule is Cc1ccc2nc(NC(=O)/C(CCc3ccc(CCCOCCOCCOCCOCC(=O)NCCNc4cccc5c4C(=O)N(C4CCC(=O)NC4=O)C5=O)cc3)=C(\N)c3ccc(C(F)(F)F)cc3)[nH]c2c1. The summed E-state index contributed by atoms with van der Waals surface area (Å²) in [6.07, 6.45) is -2.21. The summed E-state index contributed by atoms with van der Waals surface area (Å²) in [5, 5.41) is 10.7. The molecule has 1 atom stereocenters. The van der Waals surface area contributed by atoms with Crippen LogP contribution in [0.15, 0.2) is 90.5 Å². The molecule has 1 unspecified atom stereocenters. The van der Waals surface area contributed by atoms with Gasteiger partial charge in [0.15, 0.2) is 0 Å². The molecule has 0 radical (unpaired) electrons. The van der Waals surface area contributed by atoms with Crippen molar-refractivity contribution < 1.29 is 60.9 Å². The summed E-state index contributed by atoms with van der Waals surface area (Å²) in [5.74, 6) is -3.01. The highest BCUT2D eigenvalue weighted by atomic mass is 19.4. The zero-order valence-electron chi connectivity index (χ0n) is 40.2. The summed E-state index contributed by atoms with van der Waals surface area (Å²) in [4.78, 5) is 84.5. The molecule has 0 saturated carbocycles. The van der Waals surface area contributed by atoms with E-state index in [1.165, 1.54) is 18.2 Å². The molecule has 0 spiro atoms. The third-order valence-corrected chi connectivity index (χ3v) is 12.0. The van der Waals surface area contributed by atoms with Crippen LogP contribution in [-0.4, -0.2) is 122 Å². The van der Waals surface area contributed by atoms with Crippen LogP contribution in [-0.2, 0) is 57.1 Å². The third kappa shape index (κ3) is 14.6. The smallest absolute Gasteiger partial charge is 0.398 e. The van der Waals surface area contributed by atoms with Crippen molar-refractivity contribution in [3.05, 3.63) is 129 Å². The number of ether oxygens (including phenoxy) is 4. The van der Waals surface area contributed by atoms with Crippen LogP contribution in [0, 0.1) is 6.92 Å². The molecule has 18 nitrogen and oxygen atoms in total. The van der Waals surface area contributed by atoms with Crippen molar-refractivity contribution in [2.24, 2.45) is 5.73 Å². The predicted octanol–water partition coefficient (Wildman–Crippen LogP) is 5.46. The van der Waals surface area contributed by atoms with Crippen molar-refractivity contribution in [1.82, 2.24) is 25.5 Å². The number of halogens is 3. The number of aromatic amines is 1. The first kappa shape index (κ1) is 53.3. The molecule has 7 rings (SSSR count). The van der Waals surface area contributed by atoms with Crippen LogP contribution in [0.25, 0.3) is 16.7 Å². The Hall–Kier alpha value is -7.46. The molecule has 0 bridgehead atoms. The number of amides is 6. The minimum Gasteiger partial charge on any atom is -0.398 e. The number of aromatic nitrogens is 2. The number of fused-ring (bicyclic) bond motifs is 2. The summed E-state index contributed by atoms with van der Waals surface area (Å²) in [7, 11) is 0. The third-order valence-electron chi connectivity index (χ3n) is 12.0. The van der Waals surface area contributed by atoms with Crippen molar-refractivity contribution in [1.29, 1.82) is 0 Å². The molecule has 0 aliphatic carbocycles. The fourth-order valence-electron chi connectivity index (χ4n) is 8.21. The van der Waals surface area contributed by atoms with Crippen LogP contribution < -0.4 is 27.0 Å². The van der Waals surface area contributed by atoms with Gasteiger partial charge in [-0.15, -0.1) is 0 Å². The largest absolute Gasteiger partial charge is 0.416 e. The highest BCUT2D eigenvalue weighted by Gasteiger charge is 2.45. The van der Waals surface area contributed by atoms with Gasteiger partial charge < -0.3 is 40.3 Å². The minimum absolute atomic E-state index is 0.0241. The van der Waals surface area contributed by atoms with Gasteiger partial charge in [-0.3, -0.25) is 44.3 Å². The number of imidazole rings is 1. The lowest BCUT2D eigenvalue weighted by molar-refractivity contribution is -0.138. The van der Waals surface area contributed by atoms with Gasteiger partial charge in [0.1, 0.15) is 12.6 Å². The number of carbonyl (C=O) groups is 6. The maximum Gasteiger partial charge on any atom is 0.416 e. The number of imide groups is 2. The number of H-pyrrole nitrogens is 1. The fourth-order valence-corrected chi connectivity index (χ4v) is 8.21. The van der Waals surface area contributed by atoms with Crippen molar-refractivity contribution >= 4 is 63.8 Å². The van der Waals surface area contributed by atoms with E-state index in [1.807, 2.05) is 49.4 Å². The van der Waals surface area contributed by atoms with E-state index in [2.05, 4.69) is 31.2 Å². The highest BCUT2D eigenvalue weighted by molar-refractivity contribution is 6.25. The average Bonchev–Trinajstić information content (AvgIpc) is 3.88. The number of anilines is 2. The molecule has 21 heteroatoms. The van der Waals surface area contributed by atoms with Gasteiger partial charge in [-0.2, -0.15) is 13.2 Å². The first-order valence-electron chi connectivity index (χ1n) is 23.8. The molecule has 3 heterocycles. The van der Waals surface area contributed by atoms with Gasteiger partial charge >= 0.3 is 6.18 Å². The maximum absolute atomic E-state index is 13.7. The number of rotatable bonds is 26. The lowest BCUT2D eigenvalue weighted by atomic mass is 9.97. The Bertz CT molecular complexity index is 2820. The molecule has 1 fully saturated rings. The normalized spacial score (nSPS) is 15.1. The highest BCUT2D eigenvalue weighted by Crippen LogP contribution is 2.33. The zero-order valence-corrected chi connectivity index (χ0v) is 40.2. The maximum atomic E-state index is 13.7. The van der Waals surface area contributed by atoms with Crippen LogP contribution in [0.4, 0.5) is 24.8 Å². The van der Waals surface area contributed by atoms with Crippen LogP contribution in [0.5, 0.6) is 0 Å². The first-order valence-corrected chi connectivity index (χ1v) is 23.8. The molecule has 1 saturated heterocycles. The Morgan fingerprint density at radius 1 is 0.808 bits per heavy atom. The molecule has 1 aromatic heterocycles. The lowest BCUT2D eigenvalue weighted by Crippen LogP contribution is -2.54. The van der Waals surface area contributed by atoms with E-state index in [0.717, 1.165) is 52.1 Å². The summed E-state index contributed by atoms with van der Waals surface area (Å²) in [6, 6.07) is 21.7. The van der Waals surface area contributed by atoms with Crippen LogP contribution in [0.3, 0.4) is 0 Å². The van der Waals surface area contributed by atoms with Crippen LogP contribution in [0.1, 0.15) is 74.2 Å². The summed E-state index contributed by atoms with van der Waals surface area (Å²) < 4.78 is 62.0. The topological polar surface area (TPSA) is 245 Å². The molecular formula is C52H57F3N8O10. The first-order chi connectivity index (χ1) is 35.2. The van der Waals surface area contributed by atoms with Gasteiger partial charge in [-0.05, 0) is 97.7 Å². The molecule has 5 aromatic rings. The van der Waals surface area contributed by atoms with Crippen molar-refractivity contribution in [3.63, 3.8) is 0 Å². The number of aryl methyl sites for hydroxylation is 3. The van der Waals surface area contributed by atoms with Gasteiger partial charge in [0.25, 0.3) is 17.7 Å². The van der Waals surface area contributed by atoms with Crippen molar-refractivity contribution in [3.8, 4) is 0 Å². The van der Waals surface area contributed by atoms with Crippen molar-refractivity contribution in [2.45, 2.75) is 57.7 Å². The molecule has 7 N–H and O–H groups in total. The van der Waals surface area contributed by atoms with Gasteiger partial charge in [-0.25, -0.2) is 4.98 Å². The minimum atomic E-state index is -4.51. The number of nitrogens with zero attached hydrogens (tertiary/aromatic N) is 2. The summed E-state index contributed by atoms with van der Waals surface area (Å²) in [6.45, 7) is 4.68. The number of alkyl halides is 3. The van der Waals surface area contributed by atoms with E-state index in [1.54, 1.807) is 12.1 Å². The number of nitrogens with two attached hydrogens (primary N) is 1. The molecule has 2 aliphatic heterocycles. The zero-order chi connectivity index (χ0) is 51.9. The van der Waals surface area contributed by atoms with Gasteiger partial charge in [0.05, 0.1) is 67.4 Å². The number of hydrogen-bond donors (Lipinski definition) is 6. The quantitative estimate of drug-likeness (QED) is 0.0229. The fraction of sp³-hybridized carbons (Fsp3) is 0.365. The number of hydrogen-bond acceptors (Lipinski definition) is 13. The Balaban J connectivity index is 0.718. The second-order valence-electron chi connectivity index (χ2n) is 17.3. The summed E-state index contributed by atoms with van der Waals surface area (Å²) >= 11 is 0. The Kier molecular flexibility index (Phi) is 18.5. The average molecular weight is 1010 g/mol. The molecular weight excluding hydrogens is 954 g/mol. The molecule has 2 aliphatic rings. The van der Waals surface area contributed by atoms with Crippen molar-refractivity contribution in [2.75, 3.05) is 76.6 Å². The van der Waals surface area contributed by atoms with Gasteiger partial charge in [0, 0.05) is 43.1 Å². The second-order valence-corrected chi connectivity index (χ2v) is 17.3. The Morgan fingerprint density at radius 2 is 1.48 bits per heavy atom. The molecule has 386 valence electrons. The van der Waals surface area contributed by atoms with Crippen LogP contribution >= 0.6 is 0 Å². The van der Waals surface area contributed by atoms with Gasteiger partial charge in [0.2, 0.25) is 23.7 Å². The molecule has 6 amide bonds. The van der Waals surface area contributed by atoms with E-state index in [9.17, 15) is 41.9 Å². The molecule has 4 aromatic carbocycles. The van der Waals surface area contributed by atoms with Gasteiger partial charge in [-0.1, -0.05) is 48.5 Å². The second kappa shape index (κ2) is 25.3. The number of benzene rings is 4. The summed E-state index contributed by atoms with van der Waals surface area (Å²) in [5.41, 5.74) is 11.4. The standard InChI is InChI=1S/C52H57F3N8O10/c1-32-7-18-39-41(30-32)60-51(59-39)62-47(66)38(46(56)35-13-15-36(16-14-35)52(53,54)55)17-12-34-10-8-33(9-11-34)4-3-23-70-24-25-71-26-27-72-28-29-73-31-44(65)58-22-21-57-40-6-2-5-37-45(40)50(69)63(49(37)68)42-19-20-43(64)61-48(42)67/h2,5-11,13-16,18,30,42,57H,3-4,12,17,19-29,31,56H2,1H3,(H,58,65)(H,61,64,67)(H2,59,60,62,66)/b46-38-. The molecule has 73 heavy (non-hydrogen) atoms. The lowest BCUT2D eigenvalue weighted by Gasteiger charge is -2.27. The van der Waals surface area contributed by atoms with E-state index in [-0.39, 0.29) is 86.4 Å². The van der Waals surface area contributed by atoms with E-state index >= 15 is 0 Å². The number of piperidine rings is 1. The van der Waals surface area contributed by atoms with E-state index < -0.39 is 47.3 Å². The number of carbonyl (C=O) groups excluding carboxylic acids is 6. The van der Waals surface area contributed by atoms with E-state index in [0.29, 0.717) is 56.2 Å². The monoisotopic (exact) mass is 1010 g/mol.